The Morgan fingerprint density at radius 1 is 1.58 bits per heavy atom. The number of aryl methyl sites for hydroxylation is 1. The number of hydrogen-bond acceptors (Lipinski definition) is 1. The highest BCUT2D eigenvalue weighted by Gasteiger charge is 2.08. The quantitative estimate of drug-likeness (QED) is 0.650. The van der Waals surface area contributed by atoms with Crippen molar-refractivity contribution in [2.45, 2.75) is 13.1 Å². The standard InChI is InChI=1S/C9H8ClFO/c1-6-2-3-7(4-8(6)10)9(11)5-12/h2-5,9H,1H3. The maximum Gasteiger partial charge on any atom is 0.180 e. The molecule has 0 spiro atoms. The molecule has 1 rings (SSSR count). The highest BCUT2D eigenvalue weighted by atomic mass is 35.5. The zero-order valence-electron chi connectivity index (χ0n) is 6.55. The third-order valence-corrected chi connectivity index (χ3v) is 2.04. The smallest absolute Gasteiger partial charge is 0.180 e. The third-order valence-electron chi connectivity index (χ3n) is 1.63. The normalized spacial score (nSPS) is 12.6. The minimum absolute atomic E-state index is 0.251. The number of hydrogen-bond donors (Lipinski definition) is 0. The molecule has 0 fully saturated rings. The maximum atomic E-state index is 12.7. The van der Waals surface area contributed by atoms with Crippen LogP contribution in [0.15, 0.2) is 18.2 Å². The average Bonchev–Trinajstić information content (AvgIpc) is 2.08. The number of halogens is 2. The lowest BCUT2D eigenvalue weighted by atomic mass is 10.1. The first-order valence-corrected chi connectivity index (χ1v) is 3.88. The van der Waals surface area contributed by atoms with Gasteiger partial charge in [-0.15, -0.1) is 0 Å². The van der Waals surface area contributed by atoms with E-state index in [0.29, 0.717) is 10.6 Å². The van der Waals surface area contributed by atoms with Gasteiger partial charge in [-0.05, 0) is 24.1 Å². The molecule has 0 bridgehead atoms. The maximum absolute atomic E-state index is 12.7. The summed E-state index contributed by atoms with van der Waals surface area (Å²) < 4.78 is 12.7. The van der Waals surface area contributed by atoms with Gasteiger partial charge in [0.25, 0.3) is 0 Å². The minimum atomic E-state index is -1.57. The van der Waals surface area contributed by atoms with Crippen LogP contribution < -0.4 is 0 Å². The van der Waals surface area contributed by atoms with E-state index in [0.717, 1.165) is 5.56 Å². The second kappa shape index (κ2) is 3.68. The molecule has 0 aliphatic heterocycles. The number of aldehydes is 1. The van der Waals surface area contributed by atoms with Gasteiger partial charge in [-0.2, -0.15) is 0 Å². The Hall–Kier alpha value is -0.890. The van der Waals surface area contributed by atoms with E-state index < -0.39 is 6.17 Å². The fourth-order valence-corrected chi connectivity index (χ4v) is 1.05. The summed E-state index contributed by atoms with van der Waals surface area (Å²) in [5.74, 6) is 0. The minimum Gasteiger partial charge on any atom is -0.300 e. The lowest BCUT2D eigenvalue weighted by Crippen LogP contribution is -1.92. The molecule has 0 aliphatic carbocycles. The fourth-order valence-electron chi connectivity index (χ4n) is 0.859. The molecule has 0 radical (unpaired) electrons. The molecule has 1 nitrogen and oxygen atoms in total. The van der Waals surface area contributed by atoms with Gasteiger partial charge in [0.15, 0.2) is 12.5 Å². The summed E-state index contributed by atoms with van der Waals surface area (Å²) in [4.78, 5) is 10.1. The SMILES string of the molecule is Cc1ccc(C(F)C=O)cc1Cl. The van der Waals surface area contributed by atoms with Crippen LogP contribution in [-0.2, 0) is 4.79 Å². The Labute approximate surface area is 75.2 Å². The summed E-state index contributed by atoms with van der Waals surface area (Å²) in [7, 11) is 0. The van der Waals surface area contributed by atoms with E-state index >= 15 is 0 Å². The van der Waals surface area contributed by atoms with Crippen LogP contribution in [0.3, 0.4) is 0 Å². The zero-order chi connectivity index (χ0) is 9.14. The van der Waals surface area contributed by atoms with Gasteiger partial charge in [-0.3, -0.25) is 4.79 Å². The van der Waals surface area contributed by atoms with Gasteiger partial charge in [0.2, 0.25) is 0 Å². The monoisotopic (exact) mass is 186 g/mol. The van der Waals surface area contributed by atoms with E-state index in [1.54, 1.807) is 12.1 Å². The second-order valence-electron chi connectivity index (χ2n) is 2.55. The second-order valence-corrected chi connectivity index (χ2v) is 2.95. The Bertz CT molecular complexity index is 299. The first kappa shape index (κ1) is 9.20. The molecular weight excluding hydrogens is 179 g/mol. The van der Waals surface area contributed by atoms with Crippen LogP contribution in [0.1, 0.15) is 17.3 Å². The first-order valence-electron chi connectivity index (χ1n) is 3.50. The third kappa shape index (κ3) is 1.83. The van der Waals surface area contributed by atoms with Crippen LogP contribution in [0.5, 0.6) is 0 Å². The molecule has 0 amide bonds. The Morgan fingerprint density at radius 3 is 2.75 bits per heavy atom. The lowest BCUT2D eigenvalue weighted by Gasteiger charge is -2.02. The highest BCUT2D eigenvalue weighted by molar-refractivity contribution is 6.31. The van der Waals surface area contributed by atoms with E-state index in [4.69, 9.17) is 11.6 Å². The summed E-state index contributed by atoms with van der Waals surface area (Å²) in [6.45, 7) is 1.82. The molecule has 0 aliphatic rings. The molecule has 0 heterocycles. The van der Waals surface area contributed by atoms with Gasteiger partial charge >= 0.3 is 0 Å². The number of benzene rings is 1. The Morgan fingerprint density at radius 2 is 2.25 bits per heavy atom. The molecule has 1 atom stereocenters. The topological polar surface area (TPSA) is 17.1 Å². The highest BCUT2D eigenvalue weighted by Crippen LogP contribution is 2.22. The molecule has 12 heavy (non-hydrogen) atoms. The van der Waals surface area contributed by atoms with Crippen molar-refractivity contribution in [2.24, 2.45) is 0 Å². The van der Waals surface area contributed by atoms with Crippen molar-refractivity contribution in [3.8, 4) is 0 Å². The van der Waals surface area contributed by atoms with Gasteiger partial charge in [-0.1, -0.05) is 23.7 Å². The summed E-state index contributed by atoms with van der Waals surface area (Å²) in [6, 6.07) is 4.71. The van der Waals surface area contributed by atoms with Gasteiger partial charge in [0, 0.05) is 5.02 Å². The number of alkyl halides is 1. The van der Waals surface area contributed by atoms with Crippen molar-refractivity contribution >= 4 is 17.9 Å². The molecule has 1 aromatic carbocycles. The lowest BCUT2D eigenvalue weighted by molar-refractivity contribution is -0.112. The van der Waals surface area contributed by atoms with Crippen LogP contribution in [-0.4, -0.2) is 6.29 Å². The zero-order valence-corrected chi connectivity index (χ0v) is 7.31. The molecule has 0 saturated heterocycles. The van der Waals surface area contributed by atoms with Gasteiger partial charge < -0.3 is 0 Å². The Balaban J connectivity index is 3.04. The van der Waals surface area contributed by atoms with Crippen LogP contribution in [0.2, 0.25) is 5.02 Å². The summed E-state index contributed by atoms with van der Waals surface area (Å²) in [5, 5.41) is 0.483. The fraction of sp³-hybridized carbons (Fsp3) is 0.222. The first-order chi connectivity index (χ1) is 5.65. The molecule has 0 aromatic heterocycles. The van der Waals surface area contributed by atoms with Crippen molar-refractivity contribution in [3.05, 3.63) is 34.3 Å². The van der Waals surface area contributed by atoms with E-state index in [1.807, 2.05) is 6.92 Å². The van der Waals surface area contributed by atoms with Crippen LogP contribution in [0.25, 0.3) is 0 Å². The average molecular weight is 187 g/mol. The molecule has 1 unspecified atom stereocenters. The van der Waals surface area contributed by atoms with E-state index in [2.05, 4.69) is 0 Å². The van der Waals surface area contributed by atoms with Gasteiger partial charge in [0.05, 0.1) is 0 Å². The van der Waals surface area contributed by atoms with E-state index in [-0.39, 0.29) is 6.29 Å². The molecule has 3 heteroatoms. The predicted octanol–water partition coefficient (Wildman–Crippen LogP) is 2.86. The largest absolute Gasteiger partial charge is 0.300 e. The number of carbonyl (C=O) groups is 1. The van der Waals surface area contributed by atoms with Crippen molar-refractivity contribution in [1.29, 1.82) is 0 Å². The van der Waals surface area contributed by atoms with Crippen molar-refractivity contribution < 1.29 is 9.18 Å². The van der Waals surface area contributed by atoms with Crippen molar-refractivity contribution in [1.82, 2.24) is 0 Å². The van der Waals surface area contributed by atoms with E-state index in [9.17, 15) is 9.18 Å². The van der Waals surface area contributed by atoms with Crippen LogP contribution >= 0.6 is 11.6 Å². The Kier molecular flexibility index (Phi) is 2.82. The summed E-state index contributed by atoms with van der Waals surface area (Å²) in [6.07, 6.45) is -1.32. The van der Waals surface area contributed by atoms with Crippen LogP contribution in [0.4, 0.5) is 4.39 Å². The van der Waals surface area contributed by atoms with Crippen LogP contribution in [0, 0.1) is 6.92 Å². The molecule has 0 N–H and O–H groups in total. The molecule has 64 valence electrons. The number of carbonyl (C=O) groups excluding carboxylic acids is 1. The van der Waals surface area contributed by atoms with E-state index in [1.165, 1.54) is 6.07 Å². The van der Waals surface area contributed by atoms with Crippen molar-refractivity contribution in [2.75, 3.05) is 0 Å². The molecular formula is C9H8ClFO. The number of rotatable bonds is 2. The predicted molar refractivity (Wildman–Crippen MR) is 46.1 cm³/mol. The van der Waals surface area contributed by atoms with Crippen molar-refractivity contribution in [3.63, 3.8) is 0 Å². The molecule has 1 aromatic rings. The van der Waals surface area contributed by atoms with Gasteiger partial charge in [0.1, 0.15) is 0 Å². The molecule has 0 saturated carbocycles. The summed E-state index contributed by atoms with van der Waals surface area (Å²) >= 11 is 5.73. The summed E-state index contributed by atoms with van der Waals surface area (Å²) in [5.41, 5.74) is 1.18. The van der Waals surface area contributed by atoms with Gasteiger partial charge in [-0.25, -0.2) is 4.39 Å².